The zero-order valence-corrected chi connectivity index (χ0v) is 15.7. The average molecular weight is 336 g/mol. The Morgan fingerprint density at radius 3 is 2.39 bits per heavy atom. The maximum absolute atomic E-state index is 12.3. The summed E-state index contributed by atoms with van der Waals surface area (Å²) in [6.07, 6.45) is 7.47. The van der Waals surface area contributed by atoms with Crippen LogP contribution in [0.3, 0.4) is 0 Å². The molecule has 0 spiro atoms. The van der Waals surface area contributed by atoms with Crippen LogP contribution in [-0.2, 0) is 9.53 Å². The molecule has 2 fully saturated rings. The fourth-order valence-corrected chi connectivity index (χ4v) is 4.08. The number of nitrogens with zero attached hydrogens (tertiary/aromatic N) is 1. The number of piperidine rings is 1. The molecule has 23 heavy (non-hydrogen) atoms. The van der Waals surface area contributed by atoms with Crippen LogP contribution >= 0.6 is 11.8 Å². The highest BCUT2D eigenvalue weighted by atomic mass is 32.2. The molecule has 3 nitrogen and oxygen atoms in total. The van der Waals surface area contributed by atoms with Gasteiger partial charge in [-0.05, 0) is 51.3 Å². The van der Waals surface area contributed by atoms with Crippen LogP contribution in [-0.4, -0.2) is 49.6 Å². The summed E-state index contributed by atoms with van der Waals surface area (Å²) in [5.41, 5.74) is 2.55. The number of esters is 1. The molecule has 128 valence electrons. The highest BCUT2D eigenvalue weighted by molar-refractivity contribution is 7.97. The van der Waals surface area contributed by atoms with Gasteiger partial charge in [0, 0.05) is 18.0 Å². The van der Waals surface area contributed by atoms with E-state index in [0.717, 1.165) is 12.8 Å². The molecule has 2 aliphatic heterocycles. The van der Waals surface area contributed by atoms with Gasteiger partial charge in [0.25, 0.3) is 0 Å². The Morgan fingerprint density at radius 1 is 1.22 bits per heavy atom. The van der Waals surface area contributed by atoms with E-state index in [9.17, 15) is 4.79 Å². The average Bonchev–Trinajstić information content (AvgIpc) is 2.78. The summed E-state index contributed by atoms with van der Waals surface area (Å²) < 4.78 is 5.10. The molecule has 2 saturated heterocycles. The van der Waals surface area contributed by atoms with Gasteiger partial charge >= 0.3 is 5.97 Å². The summed E-state index contributed by atoms with van der Waals surface area (Å²) in [6.45, 7) is 2.10. The van der Waals surface area contributed by atoms with Gasteiger partial charge in [0.15, 0.2) is 0 Å². The minimum atomic E-state index is -0.0484. The van der Waals surface area contributed by atoms with Gasteiger partial charge < -0.3 is 4.74 Å². The second-order valence-electron chi connectivity index (χ2n) is 6.67. The number of rotatable bonds is 2. The van der Waals surface area contributed by atoms with Crippen molar-refractivity contribution in [3.8, 4) is 0 Å². The summed E-state index contributed by atoms with van der Waals surface area (Å²) in [5, 5.41) is 0. The van der Waals surface area contributed by atoms with E-state index in [2.05, 4.69) is 43.1 Å². The molecule has 0 aliphatic carbocycles. The molecule has 1 aromatic carbocycles. The number of hydrogen-bond donors (Lipinski definition) is 0. The molecular weight excluding hydrogens is 306 g/mol. The van der Waals surface area contributed by atoms with Gasteiger partial charge in [-0.25, -0.2) is 0 Å². The van der Waals surface area contributed by atoms with E-state index in [1.165, 1.54) is 24.7 Å². The number of hydrogen-bond acceptors (Lipinski definition) is 4. The maximum atomic E-state index is 12.3. The SMILES string of the molecule is COC(=O)[C@H]1[C@@H](c2ccc(C)cc2)C[C@@H]2CC[C@H]1N2C.CSC. The second kappa shape index (κ2) is 8.20. The highest BCUT2D eigenvalue weighted by Crippen LogP contribution is 2.46. The third kappa shape index (κ3) is 3.92. The maximum Gasteiger partial charge on any atom is 0.310 e. The van der Waals surface area contributed by atoms with Gasteiger partial charge in [0.2, 0.25) is 0 Å². The number of methoxy groups -OCH3 is 1. The topological polar surface area (TPSA) is 29.5 Å². The molecule has 0 saturated carbocycles. The fourth-order valence-electron chi connectivity index (χ4n) is 4.08. The molecule has 1 aromatic rings. The third-order valence-corrected chi connectivity index (χ3v) is 5.25. The van der Waals surface area contributed by atoms with Crippen molar-refractivity contribution in [2.45, 2.75) is 44.2 Å². The van der Waals surface area contributed by atoms with Gasteiger partial charge in [-0.15, -0.1) is 0 Å². The zero-order valence-electron chi connectivity index (χ0n) is 14.9. The van der Waals surface area contributed by atoms with Gasteiger partial charge in [-0.2, -0.15) is 11.8 Å². The molecule has 0 amide bonds. The highest BCUT2D eigenvalue weighted by Gasteiger charge is 2.49. The number of benzene rings is 1. The van der Waals surface area contributed by atoms with Gasteiger partial charge in [0.05, 0.1) is 13.0 Å². The predicted molar refractivity (Wildman–Crippen MR) is 98.1 cm³/mol. The van der Waals surface area contributed by atoms with Gasteiger partial charge in [-0.1, -0.05) is 29.8 Å². The molecule has 4 atom stereocenters. The Kier molecular flexibility index (Phi) is 6.54. The predicted octanol–water partition coefficient (Wildman–Crippen LogP) is 3.71. The summed E-state index contributed by atoms with van der Waals surface area (Å²) in [5.74, 6) is 0.232. The van der Waals surface area contributed by atoms with E-state index < -0.39 is 0 Å². The van der Waals surface area contributed by atoms with Crippen LogP contribution < -0.4 is 0 Å². The number of aryl methyl sites for hydroxylation is 1. The van der Waals surface area contributed by atoms with Crippen LogP contribution in [0.25, 0.3) is 0 Å². The third-order valence-electron chi connectivity index (χ3n) is 5.25. The minimum Gasteiger partial charge on any atom is -0.469 e. The molecular formula is C19H29NO2S. The minimum absolute atomic E-state index is 0.0218. The Balaban J connectivity index is 0.000000595. The molecule has 4 heteroatoms. The van der Waals surface area contributed by atoms with E-state index in [1.807, 2.05) is 12.5 Å². The molecule has 0 unspecified atom stereocenters. The lowest BCUT2D eigenvalue weighted by Crippen LogP contribution is -2.49. The van der Waals surface area contributed by atoms with E-state index in [4.69, 9.17) is 4.74 Å². The monoisotopic (exact) mass is 335 g/mol. The Bertz CT molecular complexity index is 517. The van der Waals surface area contributed by atoms with Crippen LogP contribution in [0.5, 0.6) is 0 Å². The van der Waals surface area contributed by atoms with Crippen LogP contribution in [0.15, 0.2) is 24.3 Å². The zero-order chi connectivity index (χ0) is 17.0. The van der Waals surface area contributed by atoms with Crippen LogP contribution in [0.2, 0.25) is 0 Å². The van der Waals surface area contributed by atoms with E-state index >= 15 is 0 Å². The molecule has 2 aliphatic rings. The van der Waals surface area contributed by atoms with Crippen molar-refractivity contribution in [2.75, 3.05) is 26.7 Å². The van der Waals surface area contributed by atoms with Crippen molar-refractivity contribution >= 4 is 17.7 Å². The lowest BCUT2D eigenvalue weighted by atomic mass is 9.76. The normalized spacial score (nSPS) is 29.6. The van der Waals surface area contributed by atoms with E-state index in [1.54, 1.807) is 11.8 Å². The van der Waals surface area contributed by atoms with Crippen molar-refractivity contribution in [3.63, 3.8) is 0 Å². The summed E-state index contributed by atoms with van der Waals surface area (Å²) in [4.78, 5) is 14.7. The molecule has 0 aromatic heterocycles. The fraction of sp³-hybridized carbons (Fsp3) is 0.632. The van der Waals surface area contributed by atoms with Gasteiger partial charge in [-0.3, -0.25) is 9.69 Å². The summed E-state index contributed by atoms with van der Waals surface area (Å²) >= 11 is 1.75. The van der Waals surface area contributed by atoms with Crippen molar-refractivity contribution in [1.29, 1.82) is 0 Å². The molecule has 2 bridgehead atoms. The number of thioether (sulfide) groups is 1. The molecule has 2 heterocycles. The summed E-state index contributed by atoms with van der Waals surface area (Å²) in [6, 6.07) is 9.61. The Morgan fingerprint density at radius 2 is 1.83 bits per heavy atom. The number of ether oxygens (including phenoxy) is 1. The van der Waals surface area contributed by atoms with Crippen molar-refractivity contribution in [2.24, 2.45) is 5.92 Å². The first-order valence-electron chi connectivity index (χ1n) is 8.29. The quantitative estimate of drug-likeness (QED) is 0.771. The van der Waals surface area contributed by atoms with Crippen molar-refractivity contribution in [3.05, 3.63) is 35.4 Å². The van der Waals surface area contributed by atoms with Crippen LogP contribution in [0.4, 0.5) is 0 Å². The summed E-state index contributed by atoms with van der Waals surface area (Å²) in [7, 11) is 3.67. The first-order valence-corrected chi connectivity index (χ1v) is 9.93. The van der Waals surface area contributed by atoms with E-state index in [-0.39, 0.29) is 11.9 Å². The number of carbonyl (C=O) groups is 1. The number of fused-ring (bicyclic) bond motifs is 2. The Labute approximate surface area is 144 Å². The number of carbonyl (C=O) groups excluding carboxylic acids is 1. The molecule has 0 N–H and O–H groups in total. The van der Waals surface area contributed by atoms with Crippen LogP contribution in [0.1, 0.15) is 36.3 Å². The van der Waals surface area contributed by atoms with E-state index in [0.29, 0.717) is 18.0 Å². The largest absolute Gasteiger partial charge is 0.469 e. The molecule has 3 rings (SSSR count). The standard InChI is InChI=1S/C17H23NO2.C2H6S/c1-11-4-6-12(7-5-11)14-10-13-8-9-15(18(13)2)16(14)17(19)20-3;1-3-2/h4-7,13-16H,8-10H2,1-3H3;1-2H3/t13-,14+,15+,16-;/m0./s1. The smallest absolute Gasteiger partial charge is 0.310 e. The van der Waals surface area contributed by atoms with Crippen molar-refractivity contribution in [1.82, 2.24) is 4.90 Å². The van der Waals surface area contributed by atoms with Crippen molar-refractivity contribution < 1.29 is 9.53 Å². The van der Waals surface area contributed by atoms with Gasteiger partial charge in [0.1, 0.15) is 0 Å². The first-order chi connectivity index (χ1) is 11.0. The lowest BCUT2D eigenvalue weighted by Gasteiger charge is -2.41. The van der Waals surface area contributed by atoms with Crippen LogP contribution in [0, 0.1) is 12.8 Å². The first kappa shape index (κ1) is 18.3. The second-order valence-corrected chi connectivity index (χ2v) is 7.49. The Hall–Kier alpha value is -1.00. The lowest BCUT2D eigenvalue weighted by molar-refractivity contribution is -0.150. The molecule has 0 radical (unpaired) electrons.